The first-order chi connectivity index (χ1) is 8.36. The van der Waals surface area contributed by atoms with Gasteiger partial charge in [-0.25, -0.2) is 0 Å². The summed E-state index contributed by atoms with van der Waals surface area (Å²) in [6.07, 6.45) is 4.14. The molecule has 0 heterocycles. The number of methoxy groups -OCH3 is 1. The number of hydrogen-bond donors (Lipinski definition) is 1. The lowest BCUT2D eigenvalue weighted by Crippen LogP contribution is -2.19. The lowest BCUT2D eigenvalue weighted by atomic mass is 10.1. The summed E-state index contributed by atoms with van der Waals surface area (Å²) in [6, 6.07) is 9.72. The Labute approximate surface area is 103 Å². The van der Waals surface area contributed by atoms with Crippen LogP contribution < -0.4 is 5.32 Å². The molecule has 0 aliphatic heterocycles. The number of rotatable bonds is 6. The molecular weight excluding hydrogens is 210 g/mol. The van der Waals surface area contributed by atoms with Gasteiger partial charge in [-0.1, -0.05) is 24.3 Å². The summed E-state index contributed by atoms with van der Waals surface area (Å²) in [5.41, 5.74) is 2.80. The van der Waals surface area contributed by atoms with Gasteiger partial charge in [0.25, 0.3) is 0 Å². The van der Waals surface area contributed by atoms with Gasteiger partial charge in [0.05, 0.1) is 6.61 Å². The third-order valence-corrected chi connectivity index (χ3v) is 3.86. The van der Waals surface area contributed by atoms with Gasteiger partial charge in [-0.3, -0.25) is 0 Å². The van der Waals surface area contributed by atoms with Crippen molar-refractivity contribution in [3.05, 3.63) is 35.4 Å². The zero-order valence-corrected chi connectivity index (χ0v) is 10.5. The molecule has 17 heavy (non-hydrogen) atoms. The van der Waals surface area contributed by atoms with Gasteiger partial charge in [0, 0.05) is 13.2 Å². The Morgan fingerprint density at radius 1 is 1.35 bits per heavy atom. The molecule has 2 fully saturated rings. The van der Waals surface area contributed by atoms with Crippen molar-refractivity contribution in [2.24, 2.45) is 5.92 Å². The monoisotopic (exact) mass is 231 g/mol. The fraction of sp³-hybridized carbons (Fsp3) is 0.600. The molecule has 1 aromatic carbocycles. The van der Waals surface area contributed by atoms with Gasteiger partial charge >= 0.3 is 0 Å². The first-order valence-electron chi connectivity index (χ1n) is 6.68. The third kappa shape index (κ3) is 2.88. The molecule has 0 aromatic heterocycles. The SMILES string of the molecule is COCc1cccc(C2CC2CNC2CC2)c1. The highest BCUT2D eigenvalue weighted by atomic mass is 16.5. The molecule has 2 unspecified atom stereocenters. The minimum absolute atomic E-state index is 0.728. The molecule has 2 saturated carbocycles. The normalized spacial score (nSPS) is 27.1. The first kappa shape index (κ1) is 11.2. The van der Waals surface area contributed by atoms with E-state index in [2.05, 4.69) is 29.6 Å². The average Bonchev–Trinajstić information content (AvgIpc) is 3.22. The van der Waals surface area contributed by atoms with Crippen LogP contribution in [-0.2, 0) is 11.3 Å². The molecular formula is C15H21NO. The maximum atomic E-state index is 5.18. The Kier molecular flexibility index (Phi) is 3.17. The Morgan fingerprint density at radius 2 is 2.24 bits per heavy atom. The lowest BCUT2D eigenvalue weighted by molar-refractivity contribution is 0.185. The van der Waals surface area contributed by atoms with Gasteiger partial charge in [0.15, 0.2) is 0 Å². The van der Waals surface area contributed by atoms with E-state index in [-0.39, 0.29) is 0 Å². The molecule has 0 spiro atoms. The first-order valence-corrected chi connectivity index (χ1v) is 6.68. The van der Waals surface area contributed by atoms with Crippen LogP contribution in [0.15, 0.2) is 24.3 Å². The fourth-order valence-corrected chi connectivity index (χ4v) is 2.57. The highest BCUT2D eigenvalue weighted by Gasteiger charge is 2.38. The summed E-state index contributed by atoms with van der Waals surface area (Å²) >= 11 is 0. The van der Waals surface area contributed by atoms with Crippen LogP contribution in [0.4, 0.5) is 0 Å². The van der Waals surface area contributed by atoms with Crippen LogP contribution in [0.1, 0.15) is 36.3 Å². The summed E-state index contributed by atoms with van der Waals surface area (Å²) in [5.74, 6) is 1.66. The zero-order chi connectivity index (χ0) is 11.7. The molecule has 0 saturated heterocycles. The molecule has 1 N–H and O–H groups in total. The minimum Gasteiger partial charge on any atom is -0.380 e. The van der Waals surface area contributed by atoms with E-state index < -0.39 is 0 Å². The van der Waals surface area contributed by atoms with E-state index in [0.717, 1.165) is 24.5 Å². The van der Waals surface area contributed by atoms with Crippen LogP contribution in [0.5, 0.6) is 0 Å². The van der Waals surface area contributed by atoms with Crippen molar-refractivity contribution in [1.82, 2.24) is 5.32 Å². The van der Waals surface area contributed by atoms with Crippen LogP contribution in [0, 0.1) is 5.92 Å². The van der Waals surface area contributed by atoms with Crippen molar-refractivity contribution < 1.29 is 4.74 Å². The predicted octanol–water partition coefficient (Wildman–Crippen LogP) is 2.69. The molecule has 2 heteroatoms. The second-order valence-electron chi connectivity index (χ2n) is 5.46. The Hall–Kier alpha value is -0.860. The van der Waals surface area contributed by atoms with Crippen molar-refractivity contribution in [3.63, 3.8) is 0 Å². The summed E-state index contributed by atoms with van der Waals surface area (Å²) in [5, 5.41) is 3.63. The standard InChI is InChI=1S/C15H21NO/c1-17-10-11-3-2-4-12(7-11)15-8-13(15)9-16-14-5-6-14/h2-4,7,13-16H,5-6,8-10H2,1H3. The van der Waals surface area contributed by atoms with E-state index in [4.69, 9.17) is 4.74 Å². The molecule has 2 atom stereocenters. The highest BCUT2D eigenvalue weighted by Crippen LogP contribution is 2.47. The zero-order valence-electron chi connectivity index (χ0n) is 10.5. The van der Waals surface area contributed by atoms with Gasteiger partial charge in [-0.05, 0) is 48.8 Å². The van der Waals surface area contributed by atoms with Gasteiger partial charge in [0.1, 0.15) is 0 Å². The molecule has 0 bridgehead atoms. The third-order valence-electron chi connectivity index (χ3n) is 3.86. The summed E-state index contributed by atoms with van der Waals surface area (Å²) in [4.78, 5) is 0. The van der Waals surface area contributed by atoms with Crippen LogP contribution in [0.2, 0.25) is 0 Å². The topological polar surface area (TPSA) is 21.3 Å². The molecule has 92 valence electrons. The Bertz CT molecular complexity index is 386. The van der Waals surface area contributed by atoms with Gasteiger partial charge in [-0.2, -0.15) is 0 Å². The van der Waals surface area contributed by atoms with E-state index in [0.29, 0.717) is 0 Å². The van der Waals surface area contributed by atoms with Crippen LogP contribution in [-0.4, -0.2) is 19.7 Å². The quantitative estimate of drug-likeness (QED) is 0.812. The van der Waals surface area contributed by atoms with Crippen molar-refractivity contribution in [2.45, 2.75) is 37.8 Å². The van der Waals surface area contributed by atoms with Gasteiger partial charge in [0.2, 0.25) is 0 Å². The van der Waals surface area contributed by atoms with E-state index in [9.17, 15) is 0 Å². The molecule has 2 aliphatic carbocycles. The Morgan fingerprint density at radius 3 is 3.00 bits per heavy atom. The molecule has 2 nitrogen and oxygen atoms in total. The molecule has 1 aromatic rings. The van der Waals surface area contributed by atoms with E-state index in [1.54, 1.807) is 7.11 Å². The molecule has 0 amide bonds. The highest BCUT2D eigenvalue weighted by molar-refractivity contribution is 5.30. The summed E-state index contributed by atoms with van der Waals surface area (Å²) < 4.78 is 5.18. The van der Waals surface area contributed by atoms with E-state index in [1.165, 1.54) is 36.9 Å². The van der Waals surface area contributed by atoms with Crippen LogP contribution in [0.3, 0.4) is 0 Å². The maximum absolute atomic E-state index is 5.18. The Balaban J connectivity index is 1.55. The van der Waals surface area contributed by atoms with Crippen molar-refractivity contribution in [1.29, 1.82) is 0 Å². The largest absolute Gasteiger partial charge is 0.380 e. The van der Waals surface area contributed by atoms with Crippen molar-refractivity contribution in [2.75, 3.05) is 13.7 Å². The lowest BCUT2D eigenvalue weighted by Gasteiger charge is -2.05. The molecule has 2 aliphatic rings. The van der Waals surface area contributed by atoms with E-state index >= 15 is 0 Å². The minimum atomic E-state index is 0.728. The van der Waals surface area contributed by atoms with Gasteiger partial charge < -0.3 is 10.1 Å². The maximum Gasteiger partial charge on any atom is 0.0713 e. The predicted molar refractivity (Wildman–Crippen MR) is 69.0 cm³/mol. The molecule has 0 radical (unpaired) electrons. The molecule has 3 rings (SSSR count). The number of benzene rings is 1. The smallest absolute Gasteiger partial charge is 0.0713 e. The summed E-state index contributed by atoms with van der Waals surface area (Å²) in [7, 11) is 1.76. The number of ether oxygens (including phenoxy) is 1. The van der Waals surface area contributed by atoms with Crippen molar-refractivity contribution >= 4 is 0 Å². The summed E-state index contributed by atoms with van der Waals surface area (Å²) in [6.45, 7) is 1.94. The fourth-order valence-electron chi connectivity index (χ4n) is 2.57. The van der Waals surface area contributed by atoms with Crippen LogP contribution >= 0.6 is 0 Å². The van der Waals surface area contributed by atoms with Crippen LogP contribution in [0.25, 0.3) is 0 Å². The second-order valence-corrected chi connectivity index (χ2v) is 5.46. The second kappa shape index (κ2) is 4.79. The number of nitrogens with one attached hydrogen (secondary N) is 1. The van der Waals surface area contributed by atoms with Crippen molar-refractivity contribution in [3.8, 4) is 0 Å². The van der Waals surface area contributed by atoms with Gasteiger partial charge in [-0.15, -0.1) is 0 Å². The van der Waals surface area contributed by atoms with E-state index in [1.807, 2.05) is 0 Å². The average molecular weight is 231 g/mol. The number of hydrogen-bond acceptors (Lipinski definition) is 2.